The monoisotopic (exact) mass is 392 g/mol. The van der Waals surface area contributed by atoms with Crippen LogP contribution in [0.5, 0.6) is 0 Å². The molecule has 1 aromatic carbocycles. The van der Waals surface area contributed by atoms with E-state index >= 15 is 0 Å². The van der Waals surface area contributed by atoms with Crippen LogP contribution in [-0.2, 0) is 9.53 Å². The van der Waals surface area contributed by atoms with Crippen LogP contribution in [0.25, 0.3) is 0 Å². The Morgan fingerprint density at radius 2 is 2.00 bits per heavy atom. The van der Waals surface area contributed by atoms with E-state index in [1.54, 1.807) is 7.05 Å². The first-order chi connectivity index (χ1) is 13.1. The minimum Gasteiger partial charge on any atom is -0.378 e. The number of hydrogen-bond acceptors (Lipinski definition) is 6. The van der Waals surface area contributed by atoms with Crippen molar-refractivity contribution in [3.05, 3.63) is 29.8 Å². The Morgan fingerprint density at radius 3 is 2.63 bits per heavy atom. The molecule has 2 aliphatic heterocycles. The molecule has 3 rings (SSSR count). The van der Waals surface area contributed by atoms with Crippen molar-refractivity contribution in [2.24, 2.45) is 11.7 Å². The number of nitrogens with one attached hydrogen (secondary N) is 2. The number of nitrogens with zero attached hydrogens (tertiary/aromatic N) is 1. The zero-order valence-corrected chi connectivity index (χ0v) is 17.1. The second-order valence-corrected chi connectivity index (χ2v) is 8.80. The highest BCUT2D eigenvalue weighted by molar-refractivity contribution is 8.00. The van der Waals surface area contributed by atoms with Crippen LogP contribution in [0.15, 0.2) is 24.3 Å². The topological polar surface area (TPSA) is 79.6 Å². The SMILES string of the molecule is CNC(=O)C(CNC(C)N)C1CCC(c2ccc(N3CCOCC3)cc2)S1. The number of morpholine rings is 1. The lowest BCUT2D eigenvalue weighted by Crippen LogP contribution is -2.45. The average molecular weight is 393 g/mol. The Labute approximate surface area is 166 Å². The van der Waals surface area contributed by atoms with Crippen molar-refractivity contribution >= 4 is 23.4 Å². The fourth-order valence-corrected chi connectivity index (χ4v) is 5.51. The molecular weight excluding hydrogens is 360 g/mol. The number of ether oxygens (including phenoxy) is 1. The third kappa shape index (κ3) is 5.38. The molecule has 4 atom stereocenters. The summed E-state index contributed by atoms with van der Waals surface area (Å²) in [5.74, 6) is 0.0487. The number of carbonyl (C=O) groups is 1. The van der Waals surface area contributed by atoms with E-state index in [9.17, 15) is 4.79 Å². The molecule has 6 nitrogen and oxygen atoms in total. The predicted octanol–water partition coefficient (Wildman–Crippen LogP) is 1.72. The van der Waals surface area contributed by atoms with Crippen LogP contribution in [0.4, 0.5) is 5.69 Å². The third-order valence-corrected chi connectivity index (χ3v) is 7.14. The zero-order valence-electron chi connectivity index (χ0n) is 16.3. The highest BCUT2D eigenvalue weighted by Crippen LogP contribution is 2.47. The molecule has 0 radical (unpaired) electrons. The van der Waals surface area contributed by atoms with Crippen molar-refractivity contribution in [1.29, 1.82) is 0 Å². The Bertz CT molecular complexity index is 605. The van der Waals surface area contributed by atoms with Crippen LogP contribution in [0.3, 0.4) is 0 Å². The maximum absolute atomic E-state index is 12.4. The number of carbonyl (C=O) groups excluding carboxylic acids is 1. The standard InChI is InChI=1S/C20H32N4O2S/c1-14(21)23-13-17(20(25)22-2)19-8-7-18(27-19)15-3-5-16(6-4-15)24-9-11-26-12-10-24/h3-6,14,17-19,23H,7-13,21H2,1-2H3,(H,22,25). The van der Waals surface area contributed by atoms with Crippen LogP contribution in [0.2, 0.25) is 0 Å². The lowest BCUT2D eigenvalue weighted by molar-refractivity contribution is -0.124. The van der Waals surface area contributed by atoms with Gasteiger partial charge in [-0.3, -0.25) is 4.79 Å². The van der Waals surface area contributed by atoms with E-state index in [1.807, 2.05) is 18.7 Å². The number of rotatable bonds is 7. The minimum absolute atomic E-state index is 0.0522. The smallest absolute Gasteiger partial charge is 0.225 e. The summed E-state index contributed by atoms with van der Waals surface area (Å²) < 4.78 is 5.43. The first-order valence-corrected chi connectivity index (χ1v) is 10.8. The molecular formula is C20H32N4O2S. The maximum Gasteiger partial charge on any atom is 0.225 e. The van der Waals surface area contributed by atoms with Crippen molar-refractivity contribution in [2.75, 3.05) is 44.8 Å². The zero-order chi connectivity index (χ0) is 19.2. The van der Waals surface area contributed by atoms with Crippen molar-refractivity contribution in [2.45, 2.75) is 36.4 Å². The van der Waals surface area contributed by atoms with Gasteiger partial charge in [0.25, 0.3) is 0 Å². The number of hydrogen-bond donors (Lipinski definition) is 3. The first-order valence-electron chi connectivity index (χ1n) is 9.87. The van der Waals surface area contributed by atoms with Crippen molar-refractivity contribution in [3.63, 3.8) is 0 Å². The van der Waals surface area contributed by atoms with Gasteiger partial charge in [-0.2, -0.15) is 0 Å². The second-order valence-electron chi connectivity index (χ2n) is 7.35. The van der Waals surface area contributed by atoms with Gasteiger partial charge in [0.2, 0.25) is 5.91 Å². The summed E-state index contributed by atoms with van der Waals surface area (Å²) in [5.41, 5.74) is 8.44. The summed E-state index contributed by atoms with van der Waals surface area (Å²) in [6, 6.07) is 8.95. The van der Waals surface area contributed by atoms with Gasteiger partial charge in [0.15, 0.2) is 0 Å². The summed E-state index contributed by atoms with van der Waals surface area (Å²) in [6.45, 7) is 6.05. The van der Waals surface area contributed by atoms with Crippen molar-refractivity contribution in [3.8, 4) is 0 Å². The molecule has 2 fully saturated rings. The molecule has 2 saturated heterocycles. The molecule has 0 aromatic heterocycles. The molecule has 0 aliphatic carbocycles. The molecule has 2 aliphatic rings. The molecule has 27 heavy (non-hydrogen) atoms. The Kier molecular flexibility index (Phi) is 7.41. The Hall–Kier alpha value is -1.28. The van der Waals surface area contributed by atoms with E-state index in [-0.39, 0.29) is 18.0 Å². The van der Waals surface area contributed by atoms with E-state index in [0.717, 1.165) is 39.1 Å². The minimum atomic E-state index is -0.105. The maximum atomic E-state index is 12.4. The fourth-order valence-electron chi connectivity index (χ4n) is 3.82. The van der Waals surface area contributed by atoms with Gasteiger partial charge in [-0.1, -0.05) is 12.1 Å². The highest BCUT2D eigenvalue weighted by Gasteiger charge is 2.35. The molecule has 4 N–H and O–H groups in total. The van der Waals surface area contributed by atoms with E-state index < -0.39 is 0 Å². The molecule has 0 spiro atoms. The number of amides is 1. The van der Waals surface area contributed by atoms with Gasteiger partial charge < -0.3 is 26.0 Å². The van der Waals surface area contributed by atoms with Gasteiger partial charge in [-0.25, -0.2) is 0 Å². The molecule has 1 amide bonds. The summed E-state index contributed by atoms with van der Waals surface area (Å²) in [6.07, 6.45) is 2.06. The van der Waals surface area contributed by atoms with Crippen molar-refractivity contribution in [1.82, 2.24) is 10.6 Å². The summed E-state index contributed by atoms with van der Waals surface area (Å²) >= 11 is 1.93. The largest absolute Gasteiger partial charge is 0.378 e. The Morgan fingerprint density at radius 1 is 1.30 bits per heavy atom. The van der Waals surface area contributed by atoms with Crippen LogP contribution in [0, 0.1) is 5.92 Å². The average Bonchev–Trinajstić information content (AvgIpc) is 3.18. The molecule has 150 valence electrons. The molecule has 1 aromatic rings. The van der Waals surface area contributed by atoms with Gasteiger partial charge in [0.05, 0.1) is 25.3 Å². The molecule has 7 heteroatoms. The van der Waals surface area contributed by atoms with Crippen LogP contribution in [-0.4, -0.2) is 57.2 Å². The van der Waals surface area contributed by atoms with E-state index in [4.69, 9.17) is 10.5 Å². The van der Waals surface area contributed by atoms with Crippen LogP contribution in [0.1, 0.15) is 30.6 Å². The summed E-state index contributed by atoms with van der Waals surface area (Å²) in [4.78, 5) is 14.7. The fraction of sp³-hybridized carbons (Fsp3) is 0.650. The number of thioether (sulfide) groups is 1. The lowest BCUT2D eigenvalue weighted by atomic mass is 9.98. The summed E-state index contributed by atoms with van der Waals surface area (Å²) in [7, 11) is 1.71. The number of nitrogens with two attached hydrogens (primary N) is 1. The second kappa shape index (κ2) is 9.78. The van der Waals surface area contributed by atoms with Gasteiger partial charge in [0.1, 0.15) is 0 Å². The van der Waals surface area contributed by atoms with Gasteiger partial charge in [-0.05, 0) is 37.5 Å². The van der Waals surface area contributed by atoms with Crippen LogP contribution >= 0.6 is 11.8 Å². The van der Waals surface area contributed by atoms with Crippen LogP contribution < -0.4 is 21.3 Å². The van der Waals surface area contributed by atoms with E-state index in [2.05, 4.69) is 39.8 Å². The predicted molar refractivity (Wildman–Crippen MR) is 112 cm³/mol. The Balaban J connectivity index is 1.61. The highest BCUT2D eigenvalue weighted by atomic mass is 32.2. The quantitative estimate of drug-likeness (QED) is 0.613. The van der Waals surface area contributed by atoms with Crippen molar-refractivity contribution < 1.29 is 9.53 Å². The molecule has 0 saturated carbocycles. The summed E-state index contributed by atoms with van der Waals surface area (Å²) in [5, 5.41) is 6.81. The van der Waals surface area contributed by atoms with E-state index in [1.165, 1.54) is 11.3 Å². The lowest BCUT2D eigenvalue weighted by Gasteiger charge is -2.29. The van der Waals surface area contributed by atoms with Gasteiger partial charge in [0, 0.05) is 42.9 Å². The number of anilines is 1. The normalized spacial score (nSPS) is 25.2. The van der Waals surface area contributed by atoms with Gasteiger partial charge in [-0.15, -0.1) is 11.8 Å². The van der Waals surface area contributed by atoms with Gasteiger partial charge >= 0.3 is 0 Å². The molecule has 0 bridgehead atoms. The first kappa shape index (κ1) is 20.5. The third-order valence-electron chi connectivity index (χ3n) is 5.39. The van der Waals surface area contributed by atoms with E-state index in [0.29, 0.717) is 17.0 Å². The number of benzene rings is 1. The molecule has 4 unspecified atom stereocenters. The molecule has 2 heterocycles.